The molecule has 0 saturated carbocycles. The van der Waals surface area contributed by atoms with E-state index in [1.165, 1.54) is 12.1 Å². The molecule has 0 spiro atoms. The van der Waals surface area contributed by atoms with Gasteiger partial charge in [0.25, 0.3) is 0 Å². The molecular formula is C9H11HgO2-3. The first kappa shape index (κ1) is 17.6. The molecule has 0 saturated heterocycles. The van der Waals surface area contributed by atoms with Crippen molar-refractivity contribution in [3.63, 3.8) is 0 Å². The van der Waals surface area contributed by atoms with Gasteiger partial charge in [-0.25, -0.2) is 0 Å². The van der Waals surface area contributed by atoms with E-state index in [4.69, 9.17) is 0 Å². The maximum Gasteiger partial charge on any atom is 0.170 e. The third kappa shape index (κ3) is 5.30. The molecule has 0 fully saturated rings. The molecule has 1 aromatic carbocycles. The molecule has 12 heavy (non-hydrogen) atoms. The molecule has 0 N–H and O–H groups in total. The standard InChI is InChI=1S/C7H6O2.2CH3.Hg/c8-6-4-2-1-3-5-7(6)9;;;/h1-5H,(H,8,9);2*1H3;/q;2*-1;/p-1. The van der Waals surface area contributed by atoms with Gasteiger partial charge in [-0.1, -0.05) is 30.0 Å². The van der Waals surface area contributed by atoms with Crippen molar-refractivity contribution in [3.05, 3.63) is 55.4 Å². The van der Waals surface area contributed by atoms with Gasteiger partial charge < -0.3 is 20.0 Å². The summed E-state index contributed by atoms with van der Waals surface area (Å²) in [5.41, 5.74) is -0.458. The molecule has 3 heteroatoms. The fourth-order valence-corrected chi connectivity index (χ4v) is 0.514. The van der Waals surface area contributed by atoms with Crippen molar-refractivity contribution in [2.75, 3.05) is 0 Å². The molecule has 2 nitrogen and oxygen atoms in total. The topological polar surface area (TPSA) is 40.1 Å². The number of rotatable bonds is 0. The van der Waals surface area contributed by atoms with Gasteiger partial charge in [-0.3, -0.25) is 4.79 Å². The second-order valence-electron chi connectivity index (χ2n) is 1.64. The van der Waals surface area contributed by atoms with Crippen molar-refractivity contribution in [2.24, 2.45) is 0 Å². The molecule has 0 amide bonds. The predicted molar refractivity (Wildman–Crippen MR) is 45.0 cm³/mol. The van der Waals surface area contributed by atoms with Crippen molar-refractivity contribution < 1.29 is 32.8 Å². The molecule has 1 rings (SSSR count). The van der Waals surface area contributed by atoms with Crippen LogP contribution < -0.4 is 10.5 Å². The Hall–Kier alpha value is -0.375. The maximum atomic E-state index is 10.5. The second kappa shape index (κ2) is 8.72. The van der Waals surface area contributed by atoms with Crippen LogP contribution in [0.2, 0.25) is 0 Å². The average molecular weight is 352 g/mol. The van der Waals surface area contributed by atoms with E-state index in [-0.39, 0.29) is 42.5 Å². The zero-order chi connectivity index (χ0) is 6.69. The molecule has 0 aromatic heterocycles. The van der Waals surface area contributed by atoms with E-state index in [1.54, 1.807) is 18.2 Å². The van der Waals surface area contributed by atoms with E-state index in [1.807, 2.05) is 0 Å². The molecule has 0 aliphatic rings. The van der Waals surface area contributed by atoms with Gasteiger partial charge in [-0.15, -0.1) is 0 Å². The van der Waals surface area contributed by atoms with E-state index in [2.05, 4.69) is 0 Å². The summed E-state index contributed by atoms with van der Waals surface area (Å²) < 4.78 is 0. The van der Waals surface area contributed by atoms with E-state index < -0.39 is 11.2 Å². The maximum absolute atomic E-state index is 10.5. The van der Waals surface area contributed by atoms with Gasteiger partial charge in [-0.05, 0) is 6.07 Å². The molecule has 1 aromatic rings. The van der Waals surface area contributed by atoms with Gasteiger partial charge in [0.15, 0.2) is 5.43 Å². The van der Waals surface area contributed by atoms with Crippen molar-refractivity contribution in [2.45, 2.75) is 0 Å². The summed E-state index contributed by atoms with van der Waals surface area (Å²) in [6.45, 7) is 0. The quantitative estimate of drug-likeness (QED) is 0.517. The Morgan fingerprint density at radius 1 is 1.00 bits per heavy atom. The monoisotopic (exact) mass is 353 g/mol. The summed E-state index contributed by atoms with van der Waals surface area (Å²) in [6.07, 6.45) is 0. The number of hydrogen-bond acceptors (Lipinski definition) is 2. The minimum atomic E-state index is -0.458. The van der Waals surface area contributed by atoms with Crippen LogP contribution in [-0.2, 0) is 27.7 Å². The van der Waals surface area contributed by atoms with Crippen LogP contribution in [0.25, 0.3) is 0 Å². The molecule has 0 bridgehead atoms. The van der Waals surface area contributed by atoms with Crippen LogP contribution >= 0.6 is 0 Å². The smallest absolute Gasteiger partial charge is 0.170 e. The molecular weight excluding hydrogens is 341 g/mol. The third-order valence-electron chi connectivity index (χ3n) is 0.960. The van der Waals surface area contributed by atoms with Crippen LogP contribution in [0.3, 0.4) is 0 Å². The first-order valence-corrected chi connectivity index (χ1v) is 2.57. The Balaban J connectivity index is -0.000000270. The molecule has 0 heterocycles. The van der Waals surface area contributed by atoms with Crippen LogP contribution in [-0.4, -0.2) is 0 Å². The van der Waals surface area contributed by atoms with Crippen LogP contribution in [0.15, 0.2) is 35.1 Å². The van der Waals surface area contributed by atoms with Crippen LogP contribution in [0.1, 0.15) is 0 Å². The SMILES string of the molecule is O=c1cccccc1[O-].[CH3-].[CH3-].[Hg]. The van der Waals surface area contributed by atoms with E-state index in [0.717, 1.165) is 0 Å². The zero-order valence-electron chi connectivity index (χ0n) is 7.41. The molecule has 64 valence electrons. The summed E-state index contributed by atoms with van der Waals surface area (Å²) in [5, 5.41) is 10.5. The van der Waals surface area contributed by atoms with Crippen molar-refractivity contribution in [3.8, 4) is 5.75 Å². The largest absolute Gasteiger partial charge is 0.870 e. The molecule has 0 radical (unpaired) electrons. The van der Waals surface area contributed by atoms with Crippen molar-refractivity contribution >= 4 is 0 Å². The molecule has 0 aliphatic heterocycles. The fraction of sp³-hybridized carbons (Fsp3) is 0. The van der Waals surface area contributed by atoms with Gasteiger partial charge in [0.1, 0.15) is 0 Å². The Morgan fingerprint density at radius 2 is 1.50 bits per heavy atom. The first-order chi connectivity index (χ1) is 4.30. The minimum absolute atomic E-state index is 0. The van der Waals surface area contributed by atoms with Crippen molar-refractivity contribution in [1.29, 1.82) is 0 Å². The van der Waals surface area contributed by atoms with E-state index in [9.17, 15) is 9.90 Å². The van der Waals surface area contributed by atoms with Gasteiger partial charge in [0.2, 0.25) is 0 Å². The first-order valence-electron chi connectivity index (χ1n) is 2.57. The Kier molecular flexibility index (Phi) is 12.8. The Morgan fingerprint density at radius 3 is 2.08 bits per heavy atom. The molecule has 0 atom stereocenters. The van der Waals surface area contributed by atoms with Gasteiger partial charge >= 0.3 is 0 Å². The van der Waals surface area contributed by atoms with E-state index >= 15 is 0 Å². The van der Waals surface area contributed by atoms with Gasteiger partial charge in [-0.2, -0.15) is 0 Å². The zero-order valence-corrected chi connectivity index (χ0v) is 12.9. The normalized spacial score (nSPS) is 6.67. The molecule has 0 unspecified atom stereocenters. The van der Waals surface area contributed by atoms with Crippen LogP contribution in [0, 0.1) is 14.9 Å². The average Bonchev–Trinajstić information content (AvgIpc) is 1.99. The van der Waals surface area contributed by atoms with E-state index in [0.29, 0.717) is 0 Å². The molecule has 0 aliphatic carbocycles. The summed E-state index contributed by atoms with van der Waals surface area (Å²) in [7, 11) is 0. The summed E-state index contributed by atoms with van der Waals surface area (Å²) in [5.74, 6) is -0.458. The van der Waals surface area contributed by atoms with Gasteiger partial charge in [0.05, 0.1) is 0 Å². The van der Waals surface area contributed by atoms with Crippen molar-refractivity contribution in [1.82, 2.24) is 0 Å². The third-order valence-corrected chi connectivity index (χ3v) is 0.960. The van der Waals surface area contributed by atoms with Crippen LogP contribution in [0.4, 0.5) is 0 Å². The predicted octanol–water partition coefficient (Wildman–Crippen LogP) is 1.02. The fourth-order valence-electron chi connectivity index (χ4n) is 0.514. The second-order valence-corrected chi connectivity index (χ2v) is 1.64. The number of hydrogen-bond donors (Lipinski definition) is 0. The Labute approximate surface area is 93.8 Å². The summed E-state index contributed by atoms with van der Waals surface area (Å²) in [6, 6.07) is 7.24. The Bertz CT molecular complexity index is 260. The summed E-state index contributed by atoms with van der Waals surface area (Å²) in [4.78, 5) is 10.5. The van der Waals surface area contributed by atoms with Crippen LogP contribution in [0.5, 0.6) is 5.75 Å². The van der Waals surface area contributed by atoms with Gasteiger partial charge in [0, 0.05) is 27.7 Å². The summed E-state index contributed by atoms with van der Waals surface area (Å²) >= 11 is 0. The minimum Gasteiger partial charge on any atom is -0.870 e.